The molecule has 0 aliphatic heterocycles. The zero-order valence-electron chi connectivity index (χ0n) is 16.9. The van der Waals surface area contributed by atoms with Gasteiger partial charge in [0.1, 0.15) is 12.3 Å². The second-order valence-corrected chi connectivity index (χ2v) is 7.84. The van der Waals surface area contributed by atoms with Crippen LogP contribution in [0.5, 0.6) is 5.75 Å². The molecule has 0 saturated heterocycles. The molecule has 2 aromatic heterocycles. The summed E-state index contributed by atoms with van der Waals surface area (Å²) in [6.45, 7) is -0.178. The second-order valence-electron chi connectivity index (χ2n) is 7.50. The van der Waals surface area contributed by atoms with Crippen LogP contribution >= 0.6 is 11.6 Å². The van der Waals surface area contributed by atoms with Crippen LogP contribution < -0.4 is 21.3 Å². The molecule has 0 bridgehead atoms. The first-order chi connectivity index (χ1) is 14.3. The lowest BCUT2D eigenvalue weighted by Crippen LogP contribution is -2.38. The minimum absolute atomic E-state index is 0.0223. The Labute approximate surface area is 176 Å². The topological polar surface area (TPSA) is 100 Å². The first kappa shape index (κ1) is 20.2. The molecule has 1 amide bonds. The highest BCUT2D eigenvalue weighted by Crippen LogP contribution is 2.41. The second kappa shape index (κ2) is 7.64. The number of nitrogens with zero attached hydrogens (tertiary/aromatic N) is 4. The lowest BCUT2D eigenvalue weighted by atomic mass is 10.0. The quantitative estimate of drug-likeness (QED) is 0.594. The van der Waals surface area contributed by atoms with Crippen LogP contribution in [-0.4, -0.2) is 31.7 Å². The molecule has 30 heavy (non-hydrogen) atoms. The number of benzene rings is 1. The van der Waals surface area contributed by atoms with Crippen LogP contribution in [0.25, 0.3) is 11.2 Å². The van der Waals surface area contributed by atoms with Crippen LogP contribution in [-0.2, 0) is 25.4 Å². The molecule has 0 radical (unpaired) electrons. The first-order valence-corrected chi connectivity index (χ1v) is 9.94. The standard InChI is InChI=1S/C20H22ClN5O4/c1-24-17-16(18(28)25(2)20(24)29)26(19(21)23-17)10-14(27)22-15(11-4-5-11)12-6-8-13(30-3)9-7-12/h6-9,11,15H,4-5,10H2,1-3H3,(H,22,27). The summed E-state index contributed by atoms with van der Waals surface area (Å²) in [5, 5.41) is 3.04. The number of fused-ring (bicyclic) bond motifs is 1. The van der Waals surface area contributed by atoms with Crippen molar-refractivity contribution in [3.8, 4) is 5.75 Å². The van der Waals surface area contributed by atoms with Gasteiger partial charge in [0.15, 0.2) is 11.2 Å². The van der Waals surface area contributed by atoms with E-state index in [2.05, 4.69) is 10.3 Å². The van der Waals surface area contributed by atoms with E-state index >= 15 is 0 Å². The van der Waals surface area contributed by atoms with Gasteiger partial charge in [0, 0.05) is 14.1 Å². The molecule has 4 rings (SSSR count). The van der Waals surface area contributed by atoms with Crippen molar-refractivity contribution in [2.24, 2.45) is 20.0 Å². The summed E-state index contributed by atoms with van der Waals surface area (Å²) in [4.78, 5) is 41.7. The van der Waals surface area contributed by atoms with E-state index in [0.29, 0.717) is 5.92 Å². The molecule has 1 aliphatic rings. The number of amides is 1. The summed E-state index contributed by atoms with van der Waals surface area (Å²) in [7, 11) is 4.49. The highest BCUT2D eigenvalue weighted by molar-refractivity contribution is 6.29. The number of aromatic nitrogens is 4. The number of rotatable bonds is 6. The summed E-state index contributed by atoms with van der Waals surface area (Å²) in [5.41, 5.74) is 0.203. The van der Waals surface area contributed by atoms with Gasteiger partial charge in [0.05, 0.1) is 13.2 Å². The van der Waals surface area contributed by atoms with Crippen molar-refractivity contribution in [3.05, 3.63) is 56.0 Å². The van der Waals surface area contributed by atoms with Gasteiger partial charge in [-0.15, -0.1) is 0 Å². The molecule has 3 aromatic rings. The molecular weight excluding hydrogens is 410 g/mol. The van der Waals surface area contributed by atoms with Crippen LogP contribution in [0.3, 0.4) is 0 Å². The lowest BCUT2D eigenvalue weighted by molar-refractivity contribution is -0.122. The molecular formula is C20H22ClN5O4. The van der Waals surface area contributed by atoms with Crippen molar-refractivity contribution in [2.75, 3.05) is 7.11 Å². The Balaban J connectivity index is 1.63. The molecule has 10 heteroatoms. The van der Waals surface area contributed by atoms with Gasteiger partial charge in [-0.3, -0.25) is 23.3 Å². The number of halogens is 1. The van der Waals surface area contributed by atoms with Crippen molar-refractivity contribution >= 4 is 28.7 Å². The Kier molecular flexibility index (Phi) is 5.15. The molecule has 1 saturated carbocycles. The fraction of sp³-hybridized carbons (Fsp3) is 0.400. The molecule has 0 spiro atoms. The van der Waals surface area contributed by atoms with Gasteiger partial charge in [-0.2, -0.15) is 4.98 Å². The number of ether oxygens (including phenoxy) is 1. The first-order valence-electron chi connectivity index (χ1n) is 9.57. The number of hydrogen-bond donors (Lipinski definition) is 1. The maximum absolute atomic E-state index is 12.9. The SMILES string of the molecule is COc1ccc(C(NC(=O)Cn2c(Cl)nc3c2c(=O)n(C)c(=O)n3C)C2CC2)cc1. The predicted octanol–water partition coefficient (Wildman–Crippen LogP) is 1.36. The minimum Gasteiger partial charge on any atom is -0.497 e. The van der Waals surface area contributed by atoms with Gasteiger partial charge >= 0.3 is 5.69 Å². The van der Waals surface area contributed by atoms with Crippen molar-refractivity contribution in [1.82, 2.24) is 24.0 Å². The number of aryl methyl sites for hydroxylation is 1. The van der Waals surface area contributed by atoms with E-state index in [-0.39, 0.29) is 34.9 Å². The van der Waals surface area contributed by atoms with Crippen LogP contribution in [0.1, 0.15) is 24.4 Å². The zero-order chi connectivity index (χ0) is 21.6. The van der Waals surface area contributed by atoms with E-state index < -0.39 is 11.2 Å². The number of carbonyl (C=O) groups is 1. The fourth-order valence-corrected chi connectivity index (χ4v) is 3.87. The molecule has 1 N–H and O–H groups in total. The summed E-state index contributed by atoms with van der Waals surface area (Å²) >= 11 is 6.22. The number of methoxy groups -OCH3 is 1. The number of imidazole rings is 1. The largest absolute Gasteiger partial charge is 0.497 e. The normalized spacial score (nSPS) is 14.7. The van der Waals surface area contributed by atoms with Crippen molar-refractivity contribution < 1.29 is 9.53 Å². The molecule has 9 nitrogen and oxygen atoms in total. The van der Waals surface area contributed by atoms with Crippen molar-refractivity contribution in [1.29, 1.82) is 0 Å². The maximum Gasteiger partial charge on any atom is 0.332 e. The van der Waals surface area contributed by atoms with Crippen LogP contribution in [0, 0.1) is 5.92 Å². The van der Waals surface area contributed by atoms with E-state index in [4.69, 9.17) is 16.3 Å². The third-order valence-electron chi connectivity index (χ3n) is 5.49. The van der Waals surface area contributed by atoms with Gasteiger partial charge in [-0.05, 0) is 48.1 Å². The Bertz CT molecular complexity index is 1240. The van der Waals surface area contributed by atoms with Gasteiger partial charge in [0.2, 0.25) is 11.2 Å². The van der Waals surface area contributed by atoms with E-state index in [0.717, 1.165) is 28.7 Å². The van der Waals surface area contributed by atoms with Crippen LogP contribution in [0.2, 0.25) is 5.28 Å². The smallest absolute Gasteiger partial charge is 0.332 e. The number of hydrogen-bond acceptors (Lipinski definition) is 5. The average molecular weight is 432 g/mol. The number of nitrogens with one attached hydrogen (secondary N) is 1. The molecule has 1 unspecified atom stereocenters. The third-order valence-corrected chi connectivity index (χ3v) is 5.78. The maximum atomic E-state index is 12.9. The number of carbonyl (C=O) groups excluding carboxylic acids is 1. The summed E-state index contributed by atoms with van der Waals surface area (Å²) in [6, 6.07) is 7.47. The highest BCUT2D eigenvalue weighted by atomic mass is 35.5. The fourth-order valence-electron chi connectivity index (χ4n) is 3.64. The van der Waals surface area contributed by atoms with Crippen molar-refractivity contribution in [2.45, 2.75) is 25.4 Å². The monoisotopic (exact) mass is 431 g/mol. The lowest BCUT2D eigenvalue weighted by Gasteiger charge is -2.19. The summed E-state index contributed by atoms with van der Waals surface area (Å²) < 4.78 is 8.75. The van der Waals surface area contributed by atoms with Gasteiger partial charge in [0.25, 0.3) is 5.56 Å². The van der Waals surface area contributed by atoms with Gasteiger partial charge in [-0.25, -0.2) is 4.79 Å². The highest BCUT2D eigenvalue weighted by Gasteiger charge is 2.33. The Morgan fingerprint density at radius 1 is 1.23 bits per heavy atom. The van der Waals surface area contributed by atoms with E-state index in [1.807, 2.05) is 24.3 Å². The summed E-state index contributed by atoms with van der Waals surface area (Å²) in [5.74, 6) is 0.823. The zero-order valence-corrected chi connectivity index (χ0v) is 17.6. The molecule has 1 aliphatic carbocycles. The molecule has 1 atom stereocenters. The van der Waals surface area contributed by atoms with E-state index in [9.17, 15) is 14.4 Å². The molecule has 1 aromatic carbocycles. The van der Waals surface area contributed by atoms with E-state index in [1.54, 1.807) is 7.11 Å². The Morgan fingerprint density at radius 3 is 2.50 bits per heavy atom. The predicted molar refractivity (Wildman–Crippen MR) is 112 cm³/mol. The minimum atomic E-state index is -0.547. The molecule has 2 heterocycles. The van der Waals surface area contributed by atoms with Crippen LogP contribution in [0.15, 0.2) is 33.9 Å². The van der Waals surface area contributed by atoms with Gasteiger partial charge in [-0.1, -0.05) is 12.1 Å². The van der Waals surface area contributed by atoms with Gasteiger partial charge < -0.3 is 10.1 Å². The Hall–Kier alpha value is -3.07. The average Bonchev–Trinajstić information content (AvgIpc) is 3.53. The third kappa shape index (κ3) is 3.49. The summed E-state index contributed by atoms with van der Waals surface area (Å²) in [6.07, 6.45) is 2.07. The van der Waals surface area contributed by atoms with E-state index in [1.165, 1.54) is 23.2 Å². The molecule has 1 fully saturated rings. The molecule has 158 valence electrons. The van der Waals surface area contributed by atoms with Crippen molar-refractivity contribution in [3.63, 3.8) is 0 Å². The Morgan fingerprint density at radius 2 is 1.90 bits per heavy atom. The van der Waals surface area contributed by atoms with Crippen LogP contribution in [0.4, 0.5) is 0 Å².